The van der Waals surface area contributed by atoms with Crippen LogP contribution in [-0.2, 0) is 14.3 Å². The predicted octanol–water partition coefficient (Wildman–Crippen LogP) is 3.59. The van der Waals surface area contributed by atoms with Gasteiger partial charge in [-0.05, 0) is 63.3 Å². The number of nitrogens with one attached hydrogen (secondary N) is 1. The quantitative estimate of drug-likeness (QED) is 0.587. The van der Waals surface area contributed by atoms with Crippen LogP contribution in [0.15, 0.2) is 41.6 Å². The topological polar surface area (TPSA) is 93.5 Å². The smallest absolute Gasteiger partial charge is 0.251 e. The van der Waals surface area contributed by atoms with Gasteiger partial charge >= 0.3 is 0 Å². The molecule has 1 saturated heterocycles. The Morgan fingerprint density at radius 2 is 1.97 bits per heavy atom. The molecule has 0 bridgehead atoms. The van der Waals surface area contributed by atoms with Crippen molar-refractivity contribution in [2.75, 3.05) is 24.6 Å². The van der Waals surface area contributed by atoms with Crippen LogP contribution in [0.4, 0.5) is 5.69 Å². The van der Waals surface area contributed by atoms with Gasteiger partial charge in [-0.1, -0.05) is 13.8 Å². The average Bonchev–Trinajstić information content (AvgIpc) is 2.76. The van der Waals surface area contributed by atoms with E-state index in [0.29, 0.717) is 19.6 Å². The number of anilines is 1. The van der Waals surface area contributed by atoms with Crippen molar-refractivity contribution < 1.29 is 14.3 Å². The maximum absolute atomic E-state index is 13.5. The summed E-state index contributed by atoms with van der Waals surface area (Å²) in [7, 11) is 0. The molecule has 1 amide bonds. The number of pyridine rings is 2. The van der Waals surface area contributed by atoms with E-state index in [9.17, 15) is 14.4 Å². The van der Waals surface area contributed by atoms with E-state index >= 15 is 0 Å². The molecule has 1 N–H and O–H groups in total. The first-order valence-corrected chi connectivity index (χ1v) is 12.3. The maximum atomic E-state index is 13.5. The molecule has 8 heteroatoms. The summed E-state index contributed by atoms with van der Waals surface area (Å²) in [4.78, 5) is 45.0. The number of morpholine rings is 1. The standard InChI is InChI=1S/C27H38N4O4/c1-18(2)11-24(31-8-7-19(3)12-25(31)33)26(34)29-23(13-20(4)32)21-14-22(16-28-15-21)30-9-10-35-27(5,6)17-30/h7-8,12,14-16,18,23-24H,9-11,13,17H2,1-6H3,(H,29,34)/t23-,24-/m0/s1. The summed E-state index contributed by atoms with van der Waals surface area (Å²) < 4.78 is 7.31. The summed E-state index contributed by atoms with van der Waals surface area (Å²) in [6, 6.07) is 4.13. The van der Waals surface area contributed by atoms with Gasteiger partial charge in [0.05, 0.1) is 30.1 Å². The Morgan fingerprint density at radius 1 is 1.23 bits per heavy atom. The molecule has 1 fully saturated rings. The molecule has 3 rings (SSSR count). The SMILES string of the molecule is CC(=O)C[C@H](NC(=O)[C@H](CC(C)C)n1ccc(C)cc1=O)c1cncc(N2CCOC(C)(C)C2)c1. The Morgan fingerprint density at radius 3 is 2.60 bits per heavy atom. The zero-order valence-electron chi connectivity index (χ0n) is 21.7. The normalized spacial score (nSPS) is 17.2. The lowest BCUT2D eigenvalue weighted by Gasteiger charge is -2.39. The average molecular weight is 483 g/mol. The van der Waals surface area contributed by atoms with Gasteiger partial charge in [-0.2, -0.15) is 0 Å². The number of aromatic nitrogens is 2. The summed E-state index contributed by atoms with van der Waals surface area (Å²) in [5.74, 6) is -0.130. The van der Waals surface area contributed by atoms with Gasteiger partial charge in [-0.15, -0.1) is 0 Å². The molecule has 0 aromatic carbocycles. The summed E-state index contributed by atoms with van der Waals surface area (Å²) >= 11 is 0. The van der Waals surface area contributed by atoms with Crippen LogP contribution < -0.4 is 15.8 Å². The number of hydrogen-bond acceptors (Lipinski definition) is 6. The first-order valence-electron chi connectivity index (χ1n) is 12.3. The van der Waals surface area contributed by atoms with Crippen LogP contribution in [0.3, 0.4) is 0 Å². The van der Waals surface area contributed by atoms with Gasteiger partial charge in [0.1, 0.15) is 11.8 Å². The second-order valence-electron chi connectivity index (χ2n) is 10.6. The van der Waals surface area contributed by atoms with Crippen LogP contribution in [0.25, 0.3) is 0 Å². The maximum Gasteiger partial charge on any atom is 0.251 e. The highest BCUT2D eigenvalue weighted by molar-refractivity contribution is 5.82. The number of ether oxygens (including phenoxy) is 1. The second-order valence-corrected chi connectivity index (χ2v) is 10.6. The van der Waals surface area contributed by atoms with Crippen LogP contribution in [0.1, 0.15) is 70.7 Å². The highest BCUT2D eigenvalue weighted by Crippen LogP contribution is 2.27. The molecule has 35 heavy (non-hydrogen) atoms. The molecule has 0 radical (unpaired) electrons. The first kappa shape index (κ1) is 26.6. The number of carbonyl (C=O) groups is 2. The van der Waals surface area contributed by atoms with Crippen molar-refractivity contribution in [3.63, 3.8) is 0 Å². The fourth-order valence-corrected chi connectivity index (χ4v) is 4.49. The third-order valence-electron chi connectivity index (χ3n) is 6.18. The van der Waals surface area contributed by atoms with Crippen molar-refractivity contribution in [3.8, 4) is 0 Å². The van der Waals surface area contributed by atoms with Crippen LogP contribution in [0.2, 0.25) is 0 Å². The van der Waals surface area contributed by atoms with E-state index in [1.54, 1.807) is 18.6 Å². The molecule has 0 saturated carbocycles. The van der Waals surface area contributed by atoms with E-state index in [-0.39, 0.29) is 35.2 Å². The van der Waals surface area contributed by atoms with Gasteiger partial charge < -0.3 is 19.5 Å². The molecular formula is C27H38N4O4. The second kappa shape index (κ2) is 11.2. The third kappa shape index (κ3) is 7.24. The van der Waals surface area contributed by atoms with Crippen LogP contribution >= 0.6 is 0 Å². The van der Waals surface area contributed by atoms with Crippen molar-refractivity contribution >= 4 is 17.4 Å². The monoisotopic (exact) mass is 482 g/mol. The number of hydrogen-bond donors (Lipinski definition) is 1. The minimum absolute atomic E-state index is 0.0406. The summed E-state index contributed by atoms with van der Waals surface area (Å²) in [5, 5.41) is 3.05. The van der Waals surface area contributed by atoms with Crippen LogP contribution in [-0.4, -0.2) is 46.5 Å². The third-order valence-corrected chi connectivity index (χ3v) is 6.18. The molecule has 2 aromatic rings. The number of nitrogens with zero attached hydrogens (tertiary/aromatic N) is 3. The van der Waals surface area contributed by atoms with Gasteiger partial charge in [0.25, 0.3) is 5.56 Å². The Kier molecular flexibility index (Phi) is 8.48. The molecule has 0 spiro atoms. The Balaban J connectivity index is 1.89. The predicted molar refractivity (Wildman–Crippen MR) is 137 cm³/mol. The molecular weight excluding hydrogens is 444 g/mol. The van der Waals surface area contributed by atoms with E-state index in [4.69, 9.17) is 4.74 Å². The highest BCUT2D eigenvalue weighted by atomic mass is 16.5. The van der Waals surface area contributed by atoms with E-state index in [0.717, 1.165) is 23.4 Å². The van der Waals surface area contributed by atoms with Gasteiger partial charge in [0.15, 0.2) is 0 Å². The van der Waals surface area contributed by atoms with Gasteiger partial charge in [0.2, 0.25) is 5.91 Å². The number of amides is 1. The molecule has 190 valence electrons. The zero-order chi connectivity index (χ0) is 25.8. The van der Waals surface area contributed by atoms with E-state index in [1.165, 1.54) is 17.6 Å². The fraction of sp³-hybridized carbons (Fsp3) is 0.556. The zero-order valence-corrected chi connectivity index (χ0v) is 21.7. The van der Waals surface area contributed by atoms with Crippen molar-refractivity contribution in [2.45, 2.75) is 72.1 Å². The van der Waals surface area contributed by atoms with E-state index in [2.05, 4.69) is 29.0 Å². The number of carbonyl (C=O) groups excluding carboxylic acids is 2. The van der Waals surface area contributed by atoms with Crippen molar-refractivity contribution in [2.24, 2.45) is 5.92 Å². The molecule has 3 heterocycles. The number of ketones is 1. The molecule has 1 aliphatic rings. The number of rotatable bonds is 9. The van der Waals surface area contributed by atoms with Crippen LogP contribution in [0.5, 0.6) is 0 Å². The molecule has 8 nitrogen and oxygen atoms in total. The molecule has 0 unspecified atom stereocenters. The number of aryl methyl sites for hydroxylation is 1. The van der Waals surface area contributed by atoms with E-state index in [1.807, 2.05) is 32.9 Å². The molecule has 2 aromatic heterocycles. The minimum Gasteiger partial charge on any atom is -0.372 e. The summed E-state index contributed by atoms with van der Waals surface area (Å²) in [5.41, 5.74) is 2.04. The summed E-state index contributed by atoms with van der Waals surface area (Å²) in [6.45, 7) is 13.6. The number of Topliss-reactive ketones (excluding diaryl/α,β-unsaturated/α-hetero) is 1. The van der Waals surface area contributed by atoms with Gasteiger partial charge in [0, 0.05) is 38.0 Å². The Labute approximate surface area is 207 Å². The summed E-state index contributed by atoms with van der Waals surface area (Å²) in [6.07, 6.45) is 5.81. The van der Waals surface area contributed by atoms with Crippen molar-refractivity contribution in [1.82, 2.24) is 14.9 Å². The lowest BCUT2D eigenvalue weighted by molar-refractivity contribution is -0.126. The first-order chi connectivity index (χ1) is 16.4. The highest BCUT2D eigenvalue weighted by Gasteiger charge is 2.29. The molecule has 2 atom stereocenters. The van der Waals surface area contributed by atoms with Crippen molar-refractivity contribution in [3.05, 3.63) is 58.3 Å². The largest absolute Gasteiger partial charge is 0.372 e. The van der Waals surface area contributed by atoms with Crippen LogP contribution in [0, 0.1) is 12.8 Å². The molecule has 0 aliphatic carbocycles. The Bertz CT molecular complexity index is 1110. The Hall–Kier alpha value is -3.00. The fourth-order valence-electron chi connectivity index (χ4n) is 4.49. The molecule has 1 aliphatic heterocycles. The van der Waals surface area contributed by atoms with Gasteiger partial charge in [-0.25, -0.2) is 0 Å². The van der Waals surface area contributed by atoms with Gasteiger partial charge in [-0.3, -0.25) is 19.4 Å². The van der Waals surface area contributed by atoms with E-state index < -0.39 is 12.1 Å². The lowest BCUT2D eigenvalue weighted by atomic mass is 9.99. The van der Waals surface area contributed by atoms with Crippen molar-refractivity contribution in [1.29, 1.82) is 0 Å². The minimum atomic E-state index is -0.672. The lowest BCUT2D eigenvalue weighted by Crippen LogP contribution is -2.48.